The molecule has 0 heterocycles. The van der Waals surface area contributed by atoms with Gasteiger partial charge >= 0.3 is 0 Å². The fourth-order valence-corrected chi connectivity index (χ4v) is 3.22. The molecule has 1 rings (SSSR count). The zero-order chi connectivity index (χ0) is 15.3. The Morgan fingerprint density at radius 2 is 2.10 bits per heavy atom. The minimum Gasteiger partial charge on any atom is -0.391 e. The highest BCUT2D eigenvalue weighted by Crippen LogP contribution is 2.29. The van der Waals surface area contributed by atoms with E-state index in [1.54, 1.807) is 0 Å². The molecule has 1 unspecified atom stereocenters. The Balaban J connectivity index is 2.77. The Morgan fingerprint density at radius 3 is 2.70 bits per heavy atom. The van der Waals surface area contributed by atoms with Crippen LogP contribution in [0.3, 0.4) is 0 Å². The molecule has 0 amide bonds. The Labute approximate surface area is 126 Å². The molecule has 0 saturated heterocycles. The van der Waals surface area contributed by atoms with Crippen LogP contribution in [0.15, 0.2) is 17.0 Å². The minimum absolute atomic E-state index is 0.0343. The van der Waals surface area contributed by atoms with E-state index in [2.05, 4.69) is 4.72 Å². The molecule has 0 radical (unpaired) electrons. The summed E-state index contributed by atoms with van der Waals surface area (Å²) >= 11 is 11.1. The van der Waals surface area contributed by atoms with Gasteiger partial charge in [-0.25, -0.2) is 17.5 Å². The van der Waals surface area contributed by atoms with E-state index in [-0.39, 0.29) is 24.6 Å². The van der Waals surface area contributed by atoms with Crippen molar-refractivity contribution in [1.29, 1.82) is 0 Å². The van der Waals surface area contributed by atoms with E-state index in [1.807, 2.05) is 0 Å². The maximum Gasteiger partial charge on any atom is 0.242 e. The van der Waals surface area contributed by atoms with E-state index in [9.17, 15) is 17.9 Å². The predicted octanol–water partition coefficient (Wildman–Crippen LogP) is 1.81. The van der Waals surface area contributed by atoms with Crippen LogP contribution < -0.4 is 4.72 Å². The number of aliphatic hydroxyl groups is 1. The Kier molecular flexibility index (Phi) is 6.63. The van der Waals surface area contributed by atoms with Crippen LogP contribution in [0.1, 0.15) is 6.42 Å². The van der Waals surface area contributed by atoms with Crippen molar-refractivity contribution in [3.05, 3.63) is 28.0 Å². The van der Waals surface area contributed by atoms with Crippen LogP contribution in [0.4, 0.5) is 4.39 Å². The van der Waals surface area contributed by atoms with Gasteiger partial charge in [-0.2, -0.15) is 0 Å². The Hall–Kier alpha value is -0.440. The van der Waals surface area contributed by atoms with Crippen LogP contribution in [0.2, 0.25) is 10.0 Å². The van der Waals surface area contributed by atoms with Crippen molar-refractivity contribution < 1.29 is 22.7 Å². The van der Waals surface area contributed by atoms with Crippen LogP contribution in [0, 0.1) is 5.82 Å². The molecule has 0 aliphatic rings. The third-order valence-corrected chi connectivity index (χ3v) is 4.69. The lowest BCUT2D eigenvalue weighted by atomic mass is 10.3. The highest BCUT2D eigenvalue weighted by atomic mass is 35.5. The molecule has 9 heteroatoms. The molecule has 0 fully saturated rings. The average Bonchev–Trinajstić information content (AvgIpc) is 2.35. The molecule has 1 atom stereocenters. The maximum atomic E-state index is 13.5. The number of hydrogen-bond acceptors (Lipinski definition) is 4. The summed E-state index contributed by atoms with van der Waals surface area (Å²) in [4.78, 5) is -0.401. The van der Waals surface area contributed by atoms with Gasteiger partial charge in [0.1, 0.15) is 4.90 Å². The predicted molar refractivity (Wildman–Crippen MR) is 74.1 cm³/mol. The highest BCUT2D eigenvalue weighted by molar-refractivity contribution is 7.89. The summed E-state index contributed by atoms with van der Waals surface area (Å²) in [5.41, 5.74) is 0. The number of aliphatic hydroxyl groups excluding tert-OH is 1. The summed E-state index contributed by atoms with van der Waals surface area (Å²) in [6, 6.07) is 2.22. The summed E-state index contributed by atoms with van der Waals surface area (Å²) in [6.45, 7) is 0.0610. The summed E-state index contributed by atoms with van der Waals surface area (Å²) in [7, 11) is -2.55. The first-order chi connectivity index (χ1) is 9.29. The van der Waals surface area contributed by atoms with Crippen molar-refractivity contribution in [1.82, 2.24) is 4.72 Å². The van der Waals surface area contributed by atoms with Gasteiger partial charge in [0.05, 0.1) is 22.8 Å². The molecular formula is C11H14Cl2FNO4S. The molecule has 0 aliphatic heterocycles. The first kappa shape index (κ1) is 17.6. The summed E-state index contributed by atoms with van der Waals surface area (Å²) in [6.07, 6.45) is -0.638. The van der Waals surface area contributed by atoms with Gasteiger partial charge < -0.3 is 9.84 Å². The van der Waals surface area contributed by atoms with Crippen LogP contribution in [-0.4, -0.2) is 39.9 Å². The molecule has 0 aromatic heterocycles. The molecule has 0 bridgehead atoms. The van der Waals surface area contributed by atoms with Crippen molar-refractivity contribution in [2.75, 3.05) is 20.3 Å². The average molecular weight is 346 g/mol. The quantitative estimate of drug-likeness (QED) is 0.739. The fourth-order valence-electron chi connectivity index (χ4n) is 1.43. The Bertz CT molecular complexity index is 568. The van der Waals surface area contributed by atoms with E-state index in [0.717, 1.165) is 12.1 Å². The summed E-state index contributed by atoms with van der Waals surface area (Å²) in [5.74, 6) is -0.990. The van der Waals surface area contributed by atoms with Crippen LogP contribution in [0.25, 0.3) is 0 Å². The van der Waals surface area contributed by atoms with Gasteiger partial charge in [-0.15, -0.1) is 0 Å². The molecule has 1 aromatic rings. The number of sulfonamides is 1. The molecule has 0 saturated carbocycles. The lowest BCUT2D eigenvalue weighted by Gasteiger charge is -2.12. The van der Waals surface area contributed by atoms with E-state index in [0.29, 0.717) is 0 Å². The molecule has 1 aromatic carbocycles. The van der Waals surface area contributed by atoms with Crippen molar-refractivity contribution >= 4 is 33.2 Å². The second-order valence-corrected chi connectivity index (χ2v) is 6.49. The summed E-state index contributed by atoms with van der Waals surface area (Å²) in [5, 5.41) is 8.56. The number of ether oxygens (including phenoxy) is 1. The SMILES string of the molecule is COCC(O)CCNS(=O)(=O)c1ccc(Cl)c(F)c1Cl. The van der Waals surface area contributed by atoms with Gasteiger partial charge in [-0.05, 0) is 18.6 Å². The van der Waals surface area contributed by atoms with E-state index < -0.39 is 31.9 Å². The smallest absolute Gasteiger partial charge is 0.242 e. The number of methoxy groups -OCH3 is 1. The van der Waals surface area contributed by atoms with Gasteiger partial charge in [0, 0.05) is 13.7 Å². The van der Waals surface area contributed by atoms with Crippen LogP contribution in [0.5, 0.6) is 0 Å². The topological polar surface area (TPSA) is 75.6 Å². The van der Waals surface area contributed by atoms with E-state index in [1.165, 1.54) is 7.11 Å². The third-order valence-electron chi connectivity index (χ3n) is 2.42. The third kappa shape index (κ3) is 4.54. The normalized spacial score (nSPS) is 13.4. The van der Waals surface area contributed by atoms with Crippen molar-refractivity contribution in [2.24, 2.45) is 0 Å². The largest absolute Gasteiger partial charge is 0.391 e. The summed E-state index contributed by atoms with van der Waals surface area (Å²) < 4.78 is 44.3. The first-order valence-electron chi connectivity index (χ1n) is 5.59. The second kappa shape index (κ2) is 7.53. The van der Waals surface area contributed by atoms with E-state index >= 15 is 0 Å². The number of halogens is 3. The van der Waals surface area contributed by atoms with Crippen molar-refractivity contribution in [3.63, 3.8) is 0 Å². The van der Waals surface area contributed by atoms with Gasteiger partial charge in [-0.3, -0.25) is 0 Å². The van der Waals surface area contributed by atoms with Gasteiger partial charge in [0.2, 0.25) is 10.0 Å². The second-order valence-electron chi connectivity index (χ2n) is 3.97. The Morgan fingerprint density at radius 1 is 1.45 bits per heavy atom. The molecule has 2 N–H and O–H groups in total. The standard InChI is InChI=1S/C11H14Cl2FNO4S/c1-19-6-7(16)4-5-15-20(17,18)9-3-2-8(12)11(14)10(9)13/h2-3,7,15-16H,4-6H2,1H3. The number of nitrogens with one attached hydrogen (secondary N) is 1. The van der Waals surface area contributed by atoms with Crippen LogP contribution >= 0.6 is 23.2 Å². The first-order valence-corrected chi connectivity index (χ1v) is 7.83. The minimum atomic E-state index is -3.97. The van der Waals surface area contributed by atoms with Crippen molar-refractivity contribution in [2.45, 2.75) is 17.4 Å². The van der Waals surface area contributed by atoms with Gasteiger partial charge in [-0.1, -0.05) is 23.2 Å². The molecule has 5 nitrogen and oxygen atoms in total. The lowest BCUT2D eigenvalue weighted by molar-refractivity contribution is 0.0603. The number of benzene rings is 1. The molecule has 114 valence electrons. The fraction of sp³-hybridized carbons (Fsp3) is 0.455. The molecular weight excluding hydrogens is 332 g/mol. The van der Waals surface area contributed by atoms with Crippen molar-refractivity contribution in [3.8, 4) is 0 Å². The zero-order valence-corrected chi connectivity index (χ0v) is 12.9. The van der Waals surface area contributed by atoms with Gasteiger partial charge in [0.25, 0.3) is 0 Å². The monoisotopic (exact) mass is 345 g/mol. The molecule has 0 aliphatic carbocycles. The molecule has 20 heavy (non-hydrogen) atoms. The number of rotatable bonds is 7. The molecule has 0 spiro atoms. The number of hydrogen-bond donors (Lipinski definition) is 2. The van der Waals surface area contributed by atoms with Crippen LogP contribution in [-0.2, 0) is 14.8 Å². The van der Waals surface area contributed by atoms with E-state index in [4.69, 9.17) is 27.9 Å². The van der Waals surface area contributed by atoms with Gasteiger partial charge in [0.15, 0.2) is 5.82 Å². The lowest BCUT2D eigenvalue weighted by Crippen LogP contribution is -2.29. The maximum absolute atomic E-state index is 13.5. The highest BCUT2D eigenvalue weighted by Gasteiger charge is 2.21. The zero-order valence-electron chi connectivity index (χ0n) is 10.6.